The van der Waals surface area contributed by atoms with Crippen LogP contribution < -0.4 is 0 Å². The van der Waals surface area contributed by atoms with Crippen molar-refractivity contribution < 1.29 is 64.1 Å². The fourth-order valence-corrected chi connectivity index (χ4v) is 16.8. The van der Waals surface area contributed by atoms with Crippen molar-refractivity contribution in [2.75, 3.05) is 26.4 Å². The average Bonchev–Trinajstić information content (AvgIpc) is 0.796. The van der Waals surface area contributed by atoms with E-state index < -0.39 is 65.0 Å². The summed E-state index contributed by atoms with van der Waals surface area (Å²) in [6, 6.07) is 7.28. The molecule has 0 atom stereocenters. The van der Waals surface area contributed by atoms with E-state index in [1.54, 1.807) is 0 Å². The van der Waals surface area contributed by atoms with Crippen molar-refractivity contribution in [3.05, 3.63) is 107 Å². The number of esters is 4. The van der Waals surface area contributed by atoms with Crippen LogP contribution in [0.3, 0.4) is 0 Å². The first-order valence-electron chi connectivity index (χ1n) is 50.1. The quantitative estimate of drug-likeness (QED) is 0.0150. The van der Waals surface area contributed by atoms with Crippen molar-refractivity contribution in [2.45, 2.75) is 500 Å². The average molecular weight is 1760 g/mol. The number of ether oxygens (including phenoxy) is 4. The van der Waals surface area contributed by atoms with Crippen LogP contribution in [0.25, 0.3) is 0 Å². The molecule has 2 aromatic carbocycles. The number of hydrogen-bond donors (Lipinski definition) is 0. The second-order valence-corrected chi connectivity index (χ2v) is 36.9. The van der Waals surface area contributed by atoms with E-state index in [1.165, 1.54) is 384 Å². The van der Waals surface area contributed by atoms with Gasteiger partial charge >= 0.3 is 61.6 Å². The molecule has 692 valence electrons. The SMILES string of the molecule is CCCCCCC/C=C/CCCCCCCCCCCCCOC(=O)c1cccc(S(=O)(=O)[O-])c1C(=O)OCCCCCCCCCCCCC/C=C/CCCCCCC.CCCCCCC/C=C/CCCCCCCCCCCCCOC(=O)c1cccc(S(=O)(=O)[O-])c1C(=O)OCCCCCCCCCCCCC/C=C/CCCCCCC.[Ca+2]. The van der Waals surface area contributed by atoms with Gasteiger partial charge in [-0.15, -0.1) is 0 Å². The van der Waals surface area contributed by atoms with Crippen LogP contribution in [-0.2, 0) is 39.2 Å². The third-order valence-corrected chi connectivity index (χ3v) is 24.8. The summed E-state index contributed by atoms with van der Waals surface area (Å²) in [5.74, 6) is -3.61. The molecule has 0 aromatic heterocycles. The maximum absolute atomic E-state index is 13.1. The first-order valence-corrected chi connectivity index (χ1v) is 52.9. The molecule has 0 saturated carbocycles. The van der Waals surface area contributed by atoms with Crippen molar-refractivity contribution in [1.29, 1.82) is 0 Å². The number of unbranched alkanes of at least 4 members (excludes halogenated alkanes) is 64. The Hall–Kier alpha value is -3.64. The minimum absolute atomic E-state index is 0. The van der Waals surface area contributed by atoms with E-state index in [1.807, 2.05) is 0 Å². The maximum atomic E-state index is 13.1. The van der Waals surface area contributed by atoms with Crippen molar-refractivity contribution in [3.8, 4) is 0 Å². The van der Waals surface area contributed by atoms with Gasteiger partial charge in [-0.1, -0.05) is 422 Å². The number of carbonyl (C=O) groups is 4. The Balaban J connectivity index is 0.00000236. The van der Waals surface area contributed by atoms with Gasteiger partial charge in [-0.3, -0.25) is 0 Å². The van der Waals surface area contributed by atoms with Gasteiger partial charge in [0.15, 0.2) is 0 Å². The third kappa shape index (κ3) is 73.0. The normalized spacial score (nSPS) is 11.8. The van der Waals surface area contributed by atoms with Crippen molar-refractivity contribution >= 4 is 81.9 Å². The Morgan fingerprint density at radius 1 is 0.231 bits per heavy atom. The Morgan fingerprint density at radius 3 is 0.545 bits per heavy atom. The molecule has 0 aliphatic rings. The van der Waals surface area contributed by atoms with Crippen LogP contribution >= 0.6 is 0 Å². The summed E-state index contributed by atoms with van der Waals surface area (Å²) >= 11 is 0. The number of benzene rings is 2. The van der Waals surface area contributed by atoms with Gasteiger partial charge in [-0.2, -0.15) is 0 Å². The summed E-state index contributed by atoms with van der Waals surface area (Å²) in [4.78, 5) is 50.6. The van der Waals surface area contributed by atoms with Gasteiger partial charge in [0.05, 0.1) is 58.5 Å². The fourth-order valence-electron chi connectivity index (χ4n) is 15.4. The minimum Gasteiger partial charge on any atom is -0.744 e. The van der Waals surface area contributed by atoms with E-state index in [4.69, 9.17) is 18.9 Å². The molecule has 0 fully saturated rings. The molecule has 121 heavy (non-hydrogen) atoms. The minimum atomic E-state index is -5.02. The van der Waals surface area contributed by atoms with Crippen molar-refractivity contribution in [3.63, 3.8) is 0 Å². The first kappa shape index (κ1) is 117. The summed E-state index contributed by atoms with van der Waals surface area (Å²) < 4.78 is 93.8. The van der Waals surface area contributed by atoms with E-state index >= 15 is 0 Å². The molecular formula is C104H178CaO14S2. The van der Waals surface area contributed by atoms with Crippen LogP contribution in [0.1, 0.15) is 531 Å². The molecule has 0 unspecified atom stereocenters. The fraction of sp³-hybridized carbons (Fsp3) is 0.769. The van der Waals surface area contributed by atoms with E-state index in [0.717, 1.165) is 89.2 Å². The van der Waals surface area contributed by atoms with Crippen LogP contribution in [0.5, 0.6) is 0 Å². The van der Waals surface area contributed by atoms with E-state index in [2.05, 4.69) is 76.3 Å². The van der Waals surface area contributed by atoms with E-state index in [-0.39, 0.29) is 75.3 Å². The Morgan fingerprint density at radius 2 is 0.380 bits per heavy atom. The summed E-state index contributed by atoms with van der Waals surface area (Å²) in [6.07, 6.45) is 106. The summed E-state index contributed by atoms with van der Waals surface area (Å²) in [5.41, 5.74) is -1.55. The summed E-state index contributed by atoms with van der Waals surface area (Å²) in [5, 5.41) is 0. The molecular weight excluding hydrogens is 1580 g/mol. The van der Waals surface area contributed by atoms with Gasteiger partial charge in [-0.05, 0) is 153 Å². The topological polar surface area (TPSA) is 220 Å². The van der Waals surface area contributed by atoms with Crippen LogP contribution in [0.2, 0.25) is 0 Å². The van der Waals surface area contributed by atoms with Crippen molar-refractivity contribution in [1.82, 2.24) is 0 Å². The zero-order chi connectivity index (χ0) is 87.2. The third-order valence-electron chi connectivity index (χ3n) is 23.0. The Kier molecular flexibility index (Phi) is 85.7. The molecule has 0 spiro atoms. The number of carbonyl (C=O) groups excluding carboxylic acids is 4. The summed E-state index contributed by atoms with van der Waals surface area (Å²) in [6.45, 7) is 9.54. The molecule has 2 rings (SSSR count). The molecule has 0 bridgehead atoms. The predicted octanol–water partition coefficient (Wildman–Crippen LogP) is 31.8. The van der Waals surface area contributed by atoms with Gasteiger partial charge in [0.1, 0.15) is 20.2 Å². The van der Waals surface area contributed by atoms with Gasteiger partial charge < -0.3 is 28.1 Å². The van der Waals surface area contributed by atoms with Gasteiger partial charge in [0.25, 0.3) is 0 Å². The molecule has 0 heterocycles. The van der Waals surface area contributed by atoms with Gasteiger partial charge in [-0.25, -0.2) is 36.0 Å². The number of hydrogen-bond acceptors (Lipinski definition) is 14. The maximum Gasteiger partial charge on any atom is 2.00 e. The van der Waals surface area contributed by atoms with E-state index in [0.29, 0.717) is 25.7 Å². The largest absolute Gasteiger partial charge is 2.00 e. The second kappa shape index (κ2) is 88.4. The Labute approximate surface area is 773 Å². The molecule has 0 saturated heterocycles. The number of rotatable bonds is 86. The van der Waals surface area contributed by atoms with Crippen LogP contribution in [0.4, 0.5) is 0 Å². The Bertz CT molecular complexity index is 2880. The van der Waals surface area contributed by atoms with Crippen LogP contribution in [0.15, 0.2) is 94.8 Å². The van der Waals surface area contributed by atoms with Crippen LogP contribution in [0, 0.1) is 0 Å². The van der Waals surface area contributed by atoms with Gasteiger partial charge in [0.2, 0.25) is 0 Å². The molecule has 0 aliphatic heterocycles. The molecule has 14 nitrogen and oxygen atoms in total. The van der Waals surface area contributed by atoms with Crippen molar-refractivity contribution in [2.24, 2.45) is 0 Å². The second-order valence-electron chi connectivity index (χ2n) is 34.2. The smallest absolute Gasteiger partial charge is 0.744 e. The van der Waals surface area contributed by atoms with Gasteiger partial charge in [0, 0.05) is 0 Å². The molecule has 0 N–H and O–H groups in total. The standard InChI is InChI=1S/2C52H90O7S.Ca/c2*1-3-5-7-9-11-13-15-17-19-21-23-25-27-29-31-33-35-37-39-41-46-58-51(53)48-44-43-45-49(60(55,56)57)50(48)52(54)59-47-42-40-38-36-34-32-30-28-26-24-22-20-18-16-14-12-10-8-6-4-2;/h2*15-18,43-45H,3-14,19-42,46-47H2,1-2H3,(H,55,56,57);/q;;+2/p-2/b2*17-15+,18-16+;. The molecule has 0 amide bonds. The number of allylic oxidation sites excluding steroid dienone is 8. The zero-order valence-electron chi connectivity index (χ0n) is 78.1. The zero-order valence-corrected chi connectivity index (χ0v) is 81.9. The monoisotopic (exact) mass is 1760 g/mol. The van der Waals surface area contributed by atoms with E-state index in [9.17, 15) is 45.1 Å². The first-order chi connectivity index (χ1) is 58.6. The molecule has 2 aromatic rings. The molecule has 0 aliphatic carbocycles. The molecule has 0 radical (unpaired) electrons. The summed E-state index contributed by atoms with van der Waals surface area (Å²) in [7, 11) is -10.0. The molecule has 17 heteroatoms. The van der Waals surface area contributed by atoms with Crippen LogP contribution in [-0.4, -0.2) is 114 Å². The predicted molar refractivity (Wildman–Crippen MR) is 507 cm³/mol.